The number of ether oxygens (including phenoxy) is 1. The van der Waals surface area contributed by atoms with Gasteiger partial charge >= 0.3 is 0 Å². The molecule has 0 fully saturated rings. The average molecular weight is 337 g/mol. The first-order valence-electron chi connectivity index (χ1n) is 7.91. The van der Waals surface area contributed by atoms with Gasteiger partial charge in [0.15, 0.2) is 5.76 Å². The van der Waals surface area contributed by atoms with Crippen molar-refractivity contribution in [2.45, 2.75) is 19.9 Å². The number of hydrogen-bond acceptors (Lipinski definition) is 5. The molecular weight excluding hydrogens is 318 g/mol. The second-order valence-electron chi connectivity index (χ2n) is 5.68. The van der Waals surface area contributed by atoms with E-state index < -0.39 is 0 Å². The van der Waals surface area contributed by atoms with Crippen LogP contribution < -0.4 is 10.1 Å². The fourth-order valence-electron chi connectivity index (χ4n) is 2.60. The number of pyridine rings is 1. The quantitative estimate of drug-likeness (QED) is 0.770. The maximum atomic E-state index is 12.8. The third-order valence-electron chi connectivity index (χ3n) is 3.97. The minimum atomic E-state index is -0.235. The van der Waals surface area contributed by atoms with Gasteiger partial charge in [0.25, 0.3) is 5.91 Å². The van der Waals surface area contributed by atoms with Crippen molar-refractivity contribution in [2.24, 2.45) is 0 Å². The van der Waals surface area contributed by atoms with Crippen molar-refractivity contribution in [2.75, 3.05) is 7.11 Å². The Labute approximate surface area is 145 Å². The third-order valence-corrected chi connectivity index (χ3v) is 3.97. The summed E-state index contributed by atoms with van der Waals surface area (Å²) in [5, 5.41) is 6.94. The molecule has 1 N–H and O–H groups in total. The van der Waals surface area contributed by atoms with Crippen LogP contribution in [0.2, 0.25) is 0 Å². The molecule has 6 heteroatoms. The van der Waals surface area contributed by atoms with Gasteiger partial charge in [0.2, 0.25) is 0 Å². The molecule has 0 aliphatic heterocycles. The first-order chi connectivity index (χ1) is 12.1. The molecule has 25 heavy (non-hydrogen) atoms. The Morgan fingerprint density at radius 3 is 2.72 bits per heavy atom. The molecule has 6 nitrogen and oxygen atoms in total. The number of aromatic nitrogens is 2. The fourth-order valence-corrected chi connectivity index (χ4v) is 2.60. The first-order valence-corrected chi connectivity index (χ1v) is 7.91. The third kappa shape index (κ3) is 3.52. The Kier molecular flexibility index (Phi) is 4.79. The number of amides is 1. The minimum absolute atomic E-state index is 0.192. The van der Waals surface area contributed by atoms with Crippen molar-refractivity contribution in [1.82, 2.24) is 15.5 Å². The summed E-state index contributed by atoms with van der Waals surface area (Å²) in [6.45, 7) is 3.67. The summed E-state index contributed by atoms with van der Waals surface area (Å²) >= 11 is 0. The highest BCUT2D eigenvalue weighted by atomic mass is 16.5. The van der Waals surface area contributed by atoms with Crippen molar-refractivity contribution in [3.05, 3.63) is 65.6 Å². The van der Waals surface area contributed by atoms with Crippen LogP contribution in [0.25, 0.3) is 11.3 Å². The van der Waals surface area contributed by atoms with E-state index in [-0.39, 0.29) is 11.9 Å². The van der Waals surface area contributed by atoms with E-state index in [4.69, 9.17) is 9.26 Å². The number of methoxy groups -OCH3 is 1. The smallest absolute Gasteiger partial charge is 0.257 e. The van der Waals surface area contributed by atoms with E-state index in [2.05, 4.69) is 15.5 Å². The van der Waals surface area contributed by atoms with Gasteiger partial charge in [-0.2, -0.15) is 0 Å². The van der Waals surface area contributed by atoms with Crippen LogP contribution >= 0.6 is 0 Å². The molecule has 0 aliphatic rings. The molecule has 0 radical (unpaired) electrons. The maximum absolute atomic E-state index is 12.8. The molecule has 0 aliphatic carbocycles. The first kappa shape index (κ1) is 16.7. The van der Waals surface area contributed by atoms with Crippen LogP contribution in [-0.2, 0) is 0 Å². The molecule has 1 aromatic carbocycles. The van der Waals surface area contributed by atoms with Crippen LogP contribution in [0.5, 0.6) is 5.75 Å². The molecule has 1 amide bonds. The zero-order valence-electron chi connectivity index (χ0n) is 14.3. The standard InChI is InChI=1S/C19H19N3O3/c1-12(15-5-4-6-16(11-15)24-3)21-19(23)17-13(2)22-25-18(17)14-7-9-20-10-8-14/h4-12H,1-3H3,(H,21,23). The van der Waals surface area contributed by atoms with Crippen molar-refractivity contribution < 1.29 is 14.1 Å². The van der Waals surface area contributed by atoms with E-state index in [1.807, 2.05) is 31.2 Å². The predicted octanol–water partition coefficient (Wildman–Crippen LogP) is 3.54. The van der Waals surface area contributed by atoms with Gasteiger partial charge in [-0.05, 0) is 43.7 Å². The van der Waals surface area contributed by atoms with Gasteiger partial charge in [-0.25, -0.2) is 0 Å². The molecule has 1 atom stereocenters. The van der Waals surface area contributed by atoms with Gasteiger partial charge in [-0.1, -0.05) is 17.3 Å². The van der Waals surface area contributed by atoms with Crippen LogP contribution in [0.15, 0.2) is 53.3 Å². The number of carbonyl (C=O) groups excluding carboxylic acids is 1. The lowest BCUT2D eigenvalue weighted by atomic mass is 10.1. The summed E-state index contributed by atoms with van der Waals surface area (Å²) in [5.41, 5.74) is 2.69. The van der Waals surface area contributed by atoms with E-state index in [0.29, 0.717) is 17.0 Å². The van der Waals surface area contributed by atoms with Crippen molar-refractivity contribution >= 4 is 5.91 Å². The predicted molar refractivity (Wildman–Crippen MR) is 93.3 cm³/mol. The van der Waals surface area contributed by atoms with Crippen LogP contribution in [0, 0.1) is 6.92 Å². The number of aryl methyl sites for hydroxylation is 1. The van der Waals surface area contributed by atoms with Gasteiger partial charge in [0.1, 0.15) is 11.3 Å². The van der Waals surface area contributed by atoms with Gasteiger partial charge < -0.3 is 14.6 Å². The summed E-state index contributed by atoms with van der Waals surface area (Å²) in [7, 11) is 1.61. The molecule has 128 valence electrons. The molecule has 3 aromatic rings. The second-order valence-corrected chi connectivity index (χ2v) is 5.68. The van der Waals surface area contributed by atoms with E-state index in [9.17, 15) is 4.79 Å². The molecule has 0 bridgehead atoms. The highest BCUT2D eigenvalue weighted by Gasteiger charge is 2.23. The lowest BCUT2D eigenvalue weighted by molar-refractivity contribution is 0.0939. The number of benzene rings is 1. The highest BCUT2D eigenvalue weighted by molar-refractivity contribution is 6.00. The van der Waals surface area contributed by atoms with E-state index in [1.165, 1.54) is 0 Å². The molecule has 3 rings (SSSR count). The summed E-state index contributed by atoms with van der Waals surface area (Å²) in [5.74, 6) is 0.952. The number of hydrogen-bond donors (Lipinski definition) is 1. The molecule has 2 aromatic heterocycles. The maximum Gasteiger partial charge on any atom is 0.257 e. The van der Waals surface area contributed by atoms with Gasteiger partial charge in [-0.3, -0.25) is 9.78 Å². The van der Waals surface area contributed by atoms with Crippen LogP contribution in [0.4, 0.5) is 0 Å². The Morgan fingerprint density at radius 2 is 2.00 bits per heavy atom. The number of rotatable bonds is 5. The second kappa shape index (κ2) is 7.17. The van der Waals surface area contributed by atoms with E-state index in [1.54, 1.807) is 38.6 Å². The van der Waals surface area contributed by atoms with E-state index in [0.717, 1.165) is 16.9 Å². The number of carbonyl (C=O) groups is 1. The molecule has 0 spiro atoms. The number of nitrogens with zero attached hydrogens (tertiary/aromatic N) is 2. The molecule has 2 heterocycles. The molecule has 0 saturated heterocycles. The largest absolute Gasteiger partial charge is 0.497 e. The zero-order valence-corrected chi connectivity index (χ0v) is 14.3. The van der Waals surface area contributed by atoms with Gasteiger partial charge in [-0.15, -0.1) is 0 Å². The monoisotopic (exact) mass is 337 g/mol. The lowest BCUT2D eigenvalue weighted by Crippen LogP contribution is -2.27. The average Bonchev–Trinajstić information content (AvgIpc) is 3.04. The summed E-state index contributed by atoms with van der Waals surface area (Å²) in [4.78, 5) is 16.8. The Morgan fingerprint density at radius 1 is 1.24 bits per heavy atom. The fraction of sp³-hybridized carbons (Fsp3) is 0.211. The number of nitrogens with one attached hydrogen (secondary N) is 1. The lowest BCUT2D eigenvalue weighted by Gasteiger charge is -2.15. The summed E-state index contributed by atoms with van der Waals surface area (Å²) in [6.07, 6.45) is 3.29. The molecule has 1 unspecified atom stereocenters. The normalized spacial score (nSPS) is 11.8. The Balaban J connectivity index is 1.85. The SMILES string of the molecule is COc1cccc(C(C)NC(=O)c2c(C)noc2-c2ccncc2)c1. The van der Waals surface area contributed by atoms with Gasteiger partial charge in [0.05, 0.1) is 18.8 Å². The van der Waals surface area contributed by atoms with Crippen molar-refractivity contribution in [3.8, 4) is 17.1 Å². The molecular formula is C19H19N3O3. The summed E-state index contributed by atoms with van der Waals surface area (Å²) in [6, 6.07) is 11.0. The Hall–Kier alpha value is -3.15. The zero-order chi connectivity index (χ0) is 17.8. The topological polar surface area (TPSA) is 77.2 Å². The Bertz CT molecular complexity index is 875. The summed E-state index contributed by atoms with van der Waals surface area (Å²) < 4.78 is 10.6. The van der Waals surface area contributed by atoms with Crippen molar-refractivity contribution in [1.29, 1.82) is 0 Å². The van der Waals surface area contributed by atoms with Crippen LogP contribution in [0.3, 0.4) is 0 Å². The minimum Gasteiger partial charge on any atom is -0.497 e. The van der Waals surface area contributed by atoms with Crippen molar-refractivity contribution in [3.63, 3.8) is 0 Å². The highest BCUT2D eigenvalue weighted by Crippen LogP contribution is 2.26. The van der Waals surface area contributed by atoms with Crippen LogP contribution in [-0.4, -0.2) is 23.2 Å². The van der Waals surface area contributed by atoms with Gasteiger partial charge in [0, 0.05) is 18.0 Å². The van der Waals surface area contributed by atoms with Crippen LogP contribution in [0.1, 0.15) is 34.6 Å². The van der Waals surface area contributed by atoms with E-state index >= 15 is 0 Å². The molecule has 0 saturated carbocycles.